The van der Waals surface area contributed by atoms with Crippen molar-refractivity contribution >= 4 is 23.6 Å². The molecule has 5 N–H and O–H groups in total. The maximum Gasteiger partial charge on any atom is 0.336 e. The van der Waals surface area contributed by atoms with Gasteiger partial charge in [0.05, 0.1) is 5.56 Å². The molecule has 7 heteroatoms. The monoisotopic (exact) mass is 293 g/mol. The van der Waals surface area contributed by atoms with E-state index in [0.29, 0.717) is 11.3 Å². The van der Waals surface area contributed by atoms with Crippen LogP contribution in [0.3, 0.4) is 0 Å². The standard InChI is InChI=1S/C14H19N3O4/c1-7-4-10(6-11(9(7)3)13(19)20)17-14(21)16-8(2)5-12(15)18/h4,6,8H,5H2,1-3H3,(H2,15,18)(H,19,20)(H2,16,17,21). The van der Waals surface area contributed by atoms with E-state index in [1.54, 1.807) is 26.8 Å². The molecule has 0 heterocycles. The summed E-state index contributed by atoms with van der Waals surface area (Å²) >= 11 is 0. The number of benzene rings is 1. The Labute approximate surface area is 122 Å². The van der Waals surface area contributed by atoms with Crippen molar-refractivity contribution < 1.29 is 19.5 Å². The Bertz CT molecular complexity index is 584. The van der Waals surface area contributed by atoms with Gasteiger partial charge in [-0.2, -0.15) is 0 Å². The molecule has 0 aliphatic carbocycles. The smallest absolute Gasteiger partial charge is 0.336 e. The van der Waals surface area contributed by atoms with E-state index in [1.807, 2.05) is 0 Å². The van der Waals surface area contributed by atoms with E-state index in [4.69, 9.17) is 10.8 Å². The van der Waals surface area contributed by atoms with Crippen LogP contribution in [0.25, 0.3) is 0 Å². The summed E-state index contributed by atoms with van der Waals surface area (Å²) in [5.74, 6) is -1.57. The fourth-order valence-corrected chi connectivity index (χ4v) is 1.90. The van der Waals surface area contributed by atoms with Gasteiger partial charge in [0.15, 0.2) is 0 Å². The van der Waals surface area contributed by atoms with E-state index >= 15 is 0 Å². The molecule has 0 bridgehead atoms. The van der Waals surface area contributed by atoms with Crippen LogP contribution < -0.4 is 16.4 Å². The van der Waals surface area contributed by atoms with Crippen molar-refractivity contribution in [1.29, 1.82) is 0 Å². The van der Waals surface area contributed by atoms with Gasteiger partial charge in [0, 0.05) is 18.2 Å². The molecule has 1 unspecified atom stereocenters. The number of anilines is 1. The van der Waals surface area contributed by atoms with Crippen LogP contribution >= 0.6 is 0 Å². The molecule has 7 nitrogen and oxygen atoms in total. The number of rotatable bonds is 5. The quantitative estimate of drug-likeness (QED) is 0.655. The predicted molar refractivity (Wildman–Crippen MR) is 78.3 cm³/mol. The van der Waals surface area contributed by atoms with Crippen molar-refractivity contribution in [2.75, 3.05) is 5.32 Å². The normalized spacial score (nSPS) is 11.6. The zero-order valence-corrected chi connectivity index (χ0v) is 12.2. The number of nitrogens with one attached hydrogen (secondary N) is 2. The number of amides is 3. The summed E-state index contributed by atoms with van der Waals surface area (Å²) in [5, 5.41) is 14.2. The molecule has 0 saturated carbocycles. The molecule has 0 aromatic heterocycles. The summed E-state index contributed by atoms with van der Waals surface area (Å²) < 4.78 is 0. The van der Waals surface area contributed by atoms with Crippen LogP contribution in [0.1, 0.15) is 34.8 Å². The Morgan fingerprint density at radius 3 is 2.43 bits per heavy atom. The number of nitrogens with two attached hydrogens (primary N) is 1. The van der Waals surface area contributed by atoms with Gasteiger partial charge in [-0.05, 0) is 44.0 Å². The van der Waals surface area contributed by atoms with Gasteiger partial charge in [0.1, 0.15) is 0 Å². The van der Waals surface area contributed by atoms with Crippen molar-refractivity contribution in [3.05, 3.63) is 28.8 Å². The summed E-state index contributed by atoms with van der Waals surface area (Å²) in [6.45, 7) is 5.12. The third-order valence-corrected chi connectivity index (χ3v) is 3.04. The average molecular weight is 293 g/mol. The van der Waals surface area contributed by atoms with Crippen LogP contribution in [0.15, 0.2) is 12.1 Å². The largest absolute Gasteiger partial charge is 0.478 e. The molecule has 1 aromatic rings. The number of urea groups is 1. The van der Waals surface area contributed by atoms with E-state index in [0.717, 1.165) is 5.56 Å². The lowest BCUT2D eigenvalue weighted by molar-refractivity contribution is -0.118. The Morgan fingerprint density at radius 2 is 1.90 bits per heavy atom. The number of hydrogen-bond acceptors (Lipinski definition) is 3. The number of carboxylic acids is 1. The van der Waals surface area contributed by atoms with Crippen LogP contribution in [0.5, 0.6) is 0 Å². The van der Waals surface area contributed by atoms with E-state index in [9.17, 15) is 14.4 Å². The van der Waals surface area contributed by atoms with Gasteiger partial charge >= 0.3 is 12.0 Å². The van der Waals surface area contributed by atoms with Crippen molar-refractivity contribution in [1.82, 2.24) is 5.32 Å². The number of carboxylic acid groups (broad SMARTS) is 1. The van der Waals surface area contributed by atoms with E-state index in [1.165, 1.54) is 6.07 Å². The maximum atomic E-state index is 11.8. The number of carbonyl (C=O) groups is 3. The molecule has 0 aliphatic rings. The van der Waals surface area contributed by atoms with Gasteiger partial charge in [0.25, 0.3) is 0 Å². The van der Waals surface area contributed by atoms with Gasteiger partial charge < -0.3 is 21.5 Å². The molecule has 1 aromatic carbocycles. The highest BCUT2D eigenvalue weighted by Gasteiger charge is 2.14. The van der Waals surface area contributed by atoms with Gasteiger partial charge in [-0.25, -0.2) is 9.59 Å². The van der Waals surface area contributed by atoms with Crippen molar-refractivity contribution in [3.8, 4) is 0 Å². The van der Waals surface area contributed by atoms with Crippen LogP contribution in [0.2, 0.25) is 0 Å². The molecule has 0 radical (unpaired) electrons. The van der Waals surface area contributed by atoms with Gasteiger partial charge in [-0.3, -0.25) is 4.79 Å². The highest BCUT2D eigenvalue weighted by atomic mass is 16.4. The zero-order valence-electron chi connectivity index (χ0n) is 12.2. The number of aryl methyl sites for hydroxylation is 1. The van der Waals surface area contributed by atoms with E-state index < -0.39 is 23.9 Å². The first kappa shape index (κ1) is 16.5. The lowest BCUT2D eigenvalue weighted by Crippen LogP contribution is -2.38. The summed E-state index contributed by atoms with van der Waals surface area (Å²) in [7, 11) is 0. The number of hydrogen-bond donors (Lipinski definition) is 4. The second-order valence-corrected chi connectivity index (χ2v) is 4.94. The second-order valence-electron chi connectivity index (χ2n) is 4.94. The Kier molecular flexibility index (Phi) is 5.29. The average Bonchev–Trinajstić information content (AvgIpc) is 2.31. The molecule has 1 atom stereocenters. The maximum absolute atomic E-state index is 11.8. The molecule has 1 rings (SSSR count). The van der Waals surface area contributed by atoms with Crippen molar-refractivity contribution in [2.45, 2.75) is 33.2 Å². The Morgan fingerprint density at radius 1 is 1.29 bits per heavy atom. The van der Waals surface area contributed by atoms with E-state index in [2.05, 4.69) is 10.6 Å². The molecular formula is C14H19N3O4. The molecule has 0 saturated heterocycles. The number of carbonyl (C=O) groups excluding carboxylic acids is 2. The lowest BCUT2D eigenvalue weighted by Gasteiger charge is -2.14. The molecule has 0 aliphatic heterocycles. The molecule has 0 fully saturated rings. The highest BCUT2D eigenvalue weighted by Crippen LogP contribution is 2.20. The van der Waals surface area contributed by atoms with Gasteiger partial charge in [-0.15, -0.1) is 0 Å². The lowest BCUT2D eigenvalue weighted by atomic mass is 10.0. The minimum Gasteiger partial charge on any atom is -0.478 e. The molecule has 114 valence electrons. The van der Waals surface area contributed by atoms with Crippen LogP contribution in [0.4, 0.5) is 10.5 Å². The summed E-state index contributed by atoms with van der Waals surface area (Å²) in [6.07, 6.45) is 0.0285. The van der Waals surface area contributed by atoms with Crippen molar-refractivity contribution in [2.24, 2.45) is 5.73 Å². The molecule has 3 amide bonds. The SMILES string of the molecule is Cc1cc(NC(=O)NC(C)CC(N)=O)cc(C(=O)O)c1C. The van der Waals surface area contributed by atoms with Gasteiger partial charge in [0.2, 0.25) is 5.91 Å². The predicted octanol–water partition coefficient (Wildman–Crippen LogP) is 1.39. The van der Waals surface area contributed by atoms with Crippen molar-refractivity contribution in [3.63, 3.8) is 0 Å². The molecular weight excluding hydrogens is 274 g/mol. The first-order valence-corrected chi connectivity index (χ1v) is 6.41. The third kappa shape index (κ3) is 4.79. The first-order chi connectivity index (χ1) is 9.70. The Balaban J connectivity index is 2.81. The minimum atomic E-state index is -1.05. The van der Waals surface area contributed by atoms with Crippen LogP contribution in [-0.2, 0) is 4.79 Å². The van der Waals surface area contributed by atoms with Crippen LogP contribution in [0, 0.1) is 13.8 Å². The first-order valence-electron chi connectivity index (χ1n) is 6.41. The van der Waals surface area contributed by atoms with Crippen LogP contribution in [-0.4, -0.2) is 29.1 Å². The van der Waals surface area contributed by atoms with Gasteiger partial charge in [-0.1, -0.05) is 0 Å². The van der Waals surface area contributed by atoms with E-state index in [-0.39, 0.29) is 12.0 Å². The Hall–Kier alpha value is -2.57. The highest BCUT2D eigenvalue weighted by molar-refractivity contribution is 5.94. The number of aromatic carboxylic acids is 1. The third-order valence-electron chi connectivity index (χ3n) is 3.04. The summed E-state index contributed by atoms with van der Waals surface area (Å²) in [6, 6.07) is 2.14. The summed E-state index contributed by atoms with van der Waals surface area (Å²) in [4.78, 5) is 33.6. The summed E-state index contributed by atoms with van der Waals surface area (Å²) in [5.41, 5.74) is 6.95. The zero-order chi connectivity index (χ0) is 16.2. The number of primary amides is 1. The second kappa shape index (κ2) is 6.74. The minimum absolute atomic E-state index is 0.0285. The topological polar surface area (TPSA) is 122 Å². The molecule has 0 spiro atoms. The molecule has 21 heavy (non-hydrogen) atoms. The fraction of sp³-hybridized carbons (Fsp3) is 0.357. The fourth-order valence-electron chi connectivity index (χ4n) is 1.90.